The molecule has 0 fully saturated rings. The molecule has 0 saturated heterocycles. The predicted molar refractivity (Wildman–Crippen MR) is 101 cm³/mol. The summed E-state index contributed by atoms with van der Waals surface area (Å²) in [4.78, 5) is 2.34. The van der Waals surface area contributed by atoms with Crippen LogP contribution in [0.5, 0.6) is 0 Å². The first-order valence-electron chi connectivity index (χ1n) is 7.37. The minimum Gasteiger partial charge on any atom is -0.229 e. The largest absolute Gasteiger partial charge is 0.244 e. The molecule has 2 nitrogen and oxygen atoms in total. The number of hydrogen-bond acceptors (Lipinski definition) is 1. The SMILES string of the molecule is Cc1cc(Br)ccc1N1C=[N+](c2c(C)cc(Br)cc2C)CC1. The van der Waals surface area contributed by atoms with Gasteiger partial charge in [-0.1, -0.05) is 31.9 Å². The van der Waals surface area contributed by atoms with Crippen molar-refractivity contribution >= 4 is 49.6 Å². The van der Waals surface area contributed by atoms with E-state index in [9.17, 15) is 0 Å². The monoisotopic (exact) mass is 421 g/mol. The van der Waals surface area contributed by atoms with Gasteiger partial charge in [0.15, 0.2) is 0 Å². The zero-order valence-corrected chi connectivity index (χ0v) is 16.2. The minimum absolute atomic E-state index is 1.01. The first-order chi connectivity index (χ1) is 10.5. The molecule has 0 aromatic heterocycles. The van der Waals surface area contributed by atoms with Crippen LogP contribution in [0.4, 0.5) is 11.4 Å². The Labute approximate surface area is 148 Å². The Morgan fingerprint density at radius 1 is 0.909 bits per heavy atom. The molecular weight excluding hydrogens is 404 g/mol. The molecular formula is C18H19Br2N2+. The van der Waals surface area contributed by atoms with E-state index in [1.807, 2.05) is 0 Å². The molecule has 1 aliphatic heterocycles. The summed E-state index contributed by atoms with van der Waals surface area (Å²) in [5.74, 6) is 0. The second kappa shape index (κ2) is 6.17. The van der Waals surface area contributed by atoms with Crippen molar-refractivity contribution in [1.82, 2.24) is 0 Å². The Morgan fingerprint density at radius 3 is 2.18 bits per heavy atom. The van der Waals surface area contributed by atoms with E-state index >= 15 is 0 Å². The number of anilines is 1. The summed E-state index contributed by atoms with van der Waals surface area (Å²) in [5.41, 5.74) is 6.49. The van der Waals surface area contributed by atoms with Crippen LogP contribution in [0.25, 0.3) is 0 Å². The third-order valence-electron chi connectivity index (χ3n) is 4.07. The van der Waals surface area contributed by atoms with E-state index in [1.54, 1.807) is 0 Å². The van der Waals surface area contributed by atoms with Gasteiger partial charge in [-0.05, 0) is 67.8 Å². The lowest BCUT2D eigenvalue weighted by molar-refractivity contribution is -0.425. The van der Waals surface area contributed by atoms with Crippen LogP contribution in [0, 0.1) is 20.8 Å². The van der Waals surface area contributed by atoms with Crippen LogP contribution in [0.1, 0.15) is 16.7 Å². The molecule has 0 N–H and O–H groups in total. The molecule has 0 saturated carbocycles. The van der Waals surface area contributed by atoms with E-state index in [4.69, 9.17) is 0 Å². The summed E-state index contributed by atoms with van der Waals surface area (Å²) in [5, 5.41) is 0. The Hall–Kier alpha value is -1.13. The highest BCUT2D eigenvalue weighted by molar-refractivity contribution is 9.10. The molecule has 0 bridgehead atoms. The van der Waals surface area contributed by atoms with Crippen molar-refractivity contribution in [3.8, 4) is 0 Å². The molecule has 0 aliphatic carbocycles. The van der Waals surface area contributed by atoms with Crippen LogP contribution < -0.4 is 4.90 Å². The number of hydrogen-bond donors (Lipinski definition) is 0. The summed E-state index contributed by atoms with van der Waals surface area (Å²) >= 11 is 7.11. The van der Waals surface area contributed by atoms with Gasteiger partial charge in [0, 0.05) is 8.95 Å². The summed E-state index contributed by atoms with van der Waals surface area (Å²) in [6.07, 6.45) is 2.24. The van der Waals surface area contributed by atoms with Crippen LogP contribution in [-0.4, -0.2) is 24.0 Å². The van der Waals surface area contributed by atoms with Crippen LogP contribution in [0.3, 0.4) is 0 Å². The van der Waals surface area contributed by atoms with Gasteiger partial charge in [-0.15, -0.1) is 0 Å². The molecule has 0 amide bonds. The third kappa shape index (κ3) is 2.99. The first-order valence-corrected chi connectivity index (χ1v) is 8.95. The molecule has 114 valence electrons. The van der Waals surface area contributed by atoms with Crippen LogP contribution >= 0.6 is 31.9 Å². The van der Waals surface area contributed by atoms with E-state index < -0.39 is 0 Å². The van der Waals surface area contributed by atoms with Crippen molar-refractivity contribution in [3.63, 3.8) is 0 Å². The second-order valence-corrected chi connectivity index (χ2v) is 7.65. The lowest BCUT2D eigenvalue weighted by Crippen LogP contribution is -2.19. The summed E-state index contributed by atoms with van der Waals surface area (Å²) in [6.45, 7) is 8.53. The van der Waals surface area contributed by atoms with Crippen molar-refractivity contribution in [2.75, 3.05) is 18.0 Å². The van der Waals surface area contributed by atoms with Gasteiger partial charge < -0.3 is 0 Å². The number of aryl methyl sites for hydroxylation is 3. The molecule has 4 heteroatoms. The number of benzene rings is 2. The molecule has 0 spiro atoms. The van der Waals surface area contributed by atoms with Crippen molar-refractivity contribution in [2.24, 2.45) is 0 Å². The number of halogens is 2. The fraction of sp³-hybridized carbons (Fsp3) is 0.278. The summed E-state index contributed by atoms with van der Waals surface area (Å²) < 4.78 is 4.63. The average Bonchev–Trinajstić information content (AvgIpc) is 2.86. The van der Waals surface area contributed by atoms with E-state index in [1.165, 1.54) is 28.1 Å². The van der Waals surface area contributed by atoms with Crippen LogP contribution in [0.15, 0.2) is 39.3 Å². The first kappa shape index (κ1) is 15.8. The van der Waals surface area contributed by atoms with Gasteiger partial charge in [-0.2, -0.15) is 0 Å². The molecule has 0 atom stereocenters. The Kier molecular flexibility index (Phi) is 4.42. The van der Waals surface area contributed by atoms with Gasteiger partial charge in [-0.3, -0.25) is 0 Å². The predicted octanol–water partition coefficient (Wildman–Crippen LogP) is 5.33. The van der Waals surface area contributed by atoms with Gasteiger partial charge in [0.05, 0.1) is 0 Å². The maximum Gasteiger partial charge on any atom is 0.244 e. The zero-order valence-electron chi connectivity index (χ0n) is 13.0. The van der Waals surface area contributed by atoms with Gasteiger partial charge >= 0.3 is 0 Å². The molecule has 2 aromatic rings. The highest BCUT2D eigenvalue weighted by atomic mass is 79.9. The molecule has 1 heterocycles. The standard InChI is InChI=1S/C18H19Br2N2/c1-12-8-15(19)4-5-17(12)21-6-7-22(11-21)18-13(2)9-16(20)10-14(18)3/h4-5,8-11H,6-7H2,1-3H3/q+1. The van der Waals surface area contributed by atoms with E-state index in [-0.39, 0.29) is 0 Å². The smallest absolute Gasteiger partial charge is 0.229 e. The topological polar surface area (TPSA) is 6.25 Å². The highest BCUT2D eigenvalue weighted by Gasteiger charge is 2.25. The molecule has 2 aromatic carbocycles. The van der Waals surface area contributed by atoms with Crippen LogP contribution in [-0.2, 0) is 0 Å². The molecule has 0 radical (unpaired) electrons. The van der Waals surface area contributed by atoms with Crippen molar-refractivity contribution in [1.29, 1.82) is 0 Å². The Morgan fingerprint density at radius 2 is 1.55 bits per heavy atom. The molecule has 0 unspecified atom stereocenters. The second-order valence-electron chi connectivity index (χ2n) is 5.82. The van der Waals surface area contributed by atoms with Crippen molar-refractivity contribution < 1.29 is 4.58 Å². The number of rotatable bonds is 2. The maximum atomic E-state index is 3.58. The van der Waals surface area contributed by atoms with Crippen molar-refractivity contribution in [2.45, 2.75) is 20.8 Å². The van der Waals surface area contributed by atoms with E-state index in [0.717, 1.165) is 22.0 Å². The maximum absolute atomic E-state index is 3.58. The minimum atomic E-state index is 1.01. The zero-order chi connectivity index (χ0) is 15.9. The average molecular weight is 423 g/mol. The quantitative estimate of drug-likeness (QED) is 0.592. The molecule has 1 aliphatic rings. The summed E-state index contributed by atoms with van der Waals surface area (Å²) in [6, 6.07) is 10.8. The van der Waals surface area contributed by atoms with Gasteiger partial charge in [0.2, 0.25) is 6.34 Å². The van der Waals surface area contributed by atoms with E-state index in [2.05, 4.69) is 98.8 Å². The fourth-order valence-electron chi connectivity index (χ4n) is 3.15. The summed E-state index contributed by atoms with van der Waals surface area (Å²) in [7, 11) is 0. The van der Waals surface area contributed by atoms with Gasteiger partial charge in [0.25, 0.3) is 0 Å². The van der Waals surface area contributed by atoms with Crippen LogP contribution in [0.2, 0.25) is 0 Å². The lowest BCUT2D eigenvalue weighted by Gasteiger charge is -2.10. The third-order valence-corrected chi connectivity index (χ3v) is 5.02. The van der Waals surface area contributed by atoms with Gasteiger partial charge in [0.1, 0.15) is 24.5 Å². The molecule has 22 heavy (non-hydrogen) atoms. The molecule has 3 rings (SSSR count). The number of nitrogens with zero attached hydrogens (tertiary/aromatic N) is 2. The van der Waals surface area contributed by atoms with Crippen molar-refractivity contribution in [3.05, 3.63) is 56.0 Å². The van der Waals surface area contributed by atoms with Gasteiger partial charge in [-0.25, -0.2) is 9.48 Å². The lowest BCUT2D eigenvalue weighted by atomic mass is 10.1. The Balaban J connectivity index is 1.98. The van der Waals surface area contributed by atoms with E-state index in [0.29, 0.717) is 0 Å². The normalized spacial score (nSPS) is 14.4. The highest BCUT2D eigenvalue weighted by Crippen LogP contribution is 2.30. The fourth-order valence-corrected chi connectivity index (χ4v) is 4.31. The Bertz CT molecular complexity index is 743.